The quantitative estimate of drug-likeness (QED) is 0.0146. The van der Waals surface area contributed by atoms with Crippen LogP contribution in [0, 0.1) is 0 Å². The van der Waals surface area contributed by atoms with E-state index in [-0.39, 0.29) is 19.3 Å². The minimum Gasteiger partial charge on any atom is -0.463 e. The third-order valence-corrected chi connectivity index (χ3v) is 16.6. The Balaban J connectivity index is 4.74. The molecule has 0 spiro atoms. The van der Waals surface area contributed by atoms with Crippen molar-refractivity contribution in [3.8, 4) is 0 Å². The summed E-state index contributed by atoms with van der Waals surface area (Å²) >= 11 is 0. The van der Waals surface area contributed by atoms with Gasteiger partial charge in [-0.05, 0) is 148 Å². The summed E-state index contributed by atoms with van der Waals surface area (Å²) in [7, 11) is -9.81. The van der Waals surface area contributed by atoms with Gasteiger partial charge in [-0.25, -0.2) is 9.13 Å². The summed E-state index contributed by atoms with van der Waals surface area (Å²) in [6.45, 7) is 2.34. The molecule has 0 saturated heterocycles. The zero-order valence-electron chi connectivity index (χ0n) is 59.9. The first-order chi connectivity index (χ1) is 47.2. The zero-order valence-corrected chi connectivity index (χ0v) is 61.7. The fraction of sp³-hybridized carbons (Fsp3) is 0.633. The van der Waals surface area contributed by atoms with Crippen LogP contribution in [0.1, 0.15) is 265 Å². The largest absolute Gasteiger partial charge is 0.472 e. The summed E-state index contributed by atoms with van der Waals surface area (Å²) in [5, 5.41) is 20.6. The summed E-state index contributed by atoms with van der Waals surface area (Å²) in [4.78, 5) is 58.6. The maximum Gasteiger partial charge on any atom is 0.472 e. The van der Waals surface area contributed by atoms with Crippen LogP contribution in [0.15, 0.2) is 158 Å². The second-order valence-corrected chi connectivity index (χ2v) is 26.9. The number of aliphatic hydroxyl groups excluding tert-OH is 2. The fourth-order valence-electron chi connectivity index (χ4n) is 9.16. The monoisotopic (exact) mass is 1400 g/mol. The highest BCUT2D eigenvalue weighted by Gasteiger charge is 2.29. The number of phosphoric acid groups is 2. The van der Waals surface area contributed by atoms with Gasteiger partial charge in [-0.15, -0.1) is 0 Å². The van der Waals surface area contributed by atoms with E-state index in [9.17, 15) is 43.5 Å². The summed E-state index contributed by atoms with van der Waals surface area (Å²) in [5.74, 6) is -1.64. The normalized spacial score (nSPS) is 15.0. The number of ether oxygens (including phenoxy) is 3. The molecule has 0 aromatic heterocycles. The van der Waals surface area contributed by atoms with Crippen LogP contribution < -0.4 is 0 Å². The number of carbonyl (C=O) groups excluding carboxylic acids is 3. The SMILES string of the molecule is CC/C=C\C/C=C\C/C=C\C/C=C\C/C=C\C/C=C\CCCCCCC(=O)OCC(O)COP(=O)(O)OCC(O)COP(=O)(O)OCC(COC(=O)CCCCCCCC/C=C\C/C=C\C/C=C\C/C=C\CC)OC(=O)CCCCCCCC/C=C\C/C=C\C/C=C\CCCCC. The molecule has 0 saturated carbocycles. The second kappa shape index (κ2) is 71.0. The molecule has 552 valence electrons. The Bertz CT molecular complexity index is 2400. The highest BCUT2D eigenvalue weighted by Crippen LogP contribution is 2.45. The van der Waals surface area contributed by atoms with Crippen molar-refractivity contribution in [3.63, 3.8) is 0 Å². The molecule has 0 radical (unpaired) electrons. The third-order valence-electron chi connectivity index (χ3n) is 14.7. The second-order valence-electron chi connectivity index (χ2n) is 24.0. The highest BCUT2D eigenvalue weighted by molar-refractivity contribution is 7.47. The first-order valence-electron chi connectivity index (χ1n) is 36.8. The van der Waals surface area contributed by atoms with E-state index in [2.05, 4.69) is 179 Å². The topological polar surface area (TPSA) is 231 Å². The molecule has 0 aliphatic heterocycles. The van der Waals surface area contributed by atoms with E-state index < -0.39 is 91.5 Å². The Morgan fingerprint density at radius 1 is 0.299 bits per heavy atom. The maximum absolute atomic E-state index is 13.0. The van der Waals surface area contributed by atoms with Gasteiger partial charge in [-0.3, -0.25) is 32.5 Å². The molecule has 5 atom stereocenters. The van der Waals surface area contributed by atoms with E-state index in [1.807, 2.05) is 0 Å². The van der Waals surface area contributed by atoms with Gasteiger partial charge >= 0.3 is 33.6 Å². The van der Waals surface area contributed by atoms with Crippen molar-refractivity contribution in [2.45, 2.75) is 283 Å². The Morgan fingerprint density at radius 2 is 0.546 bits per heavy atom. The van der Waals surface area contributed by atoms with Crippen LogP contribution in [0.2, 0.25) is 0 Å². The standard InChI is InChI=1S/C79H130O16P2/c1-4-7-10-13-16-19-22-25-28-31-34-35-36-37-40-42-44-47-50-53-56-59-62-65-77(82)89-68-74(80)69-91-96(85,86)92-70-75(81)71-93-97(87,88)94-73-76(95-79(84)67-64-61-58-55-52-49-46-43-39-33-30-27-24-21-18-15-12-9-6-3)72-90-78(83)66-63-60-57-54-51-48-45-41-38-32-29-26-23-20-17-14-11-8-5-2/h7-8,10-11,16-21,25-30,34-35,37-41,43-44,47,74-76,80-81H,4-6,9,12-15,22-24,31-33,36,42,45-46,48-73H2,1-3H3,(H,85,86)(H,87,88)/b10-7-,11-8-,19-16-,20-17-,21-18-,28-25-,29-26-,30-27-,35-34-,40-37-,41-38-,43-39-,47-44-. The lowest BCUT2D eigenvalue weighted by Crippen LogP contribution is -2.30. The third kappa shape index (κ3) is 72.2. The first-order valence-corrected chi connectivity index (χ1v) is 39.8. The summed E-state index contributed by atoms with van der Waals surface area (Å²) < 4.78 is 61.0. The molecule has 0 fully saturated rings. The Kier molecular flexibility index (Phi) is 67.5. The van der Waals surface area contributed by atoms with E-state index in [0.29, 0.717) is 19.3 Å². The van der Waals surface area contributed by atoms with Gasteiger partial charge in [0.2, 0.25) is 0 Å². The molecule has 0 aromatic carbocycles. The van der Waals surface area contributed by atoms with Gasteiger partial charge in [-0.2, -0.15) is 0 Å². The van der Waals surface area contributed by atoms with Gasteiger partial charge < -0.3 is 34.2 Å². The number of esters is 3. The molecule has 16 nitrogen and oxygen atoms in total. The smallest absolute Gasteiger partial charge is 0.463 e. The van der Waals surface area contributed by atoms with E-state index in [1.54, 1.807) is 0 Å². The van der Waals surface area contributed by atoms with E-state index >= 15 is 0 Å². The van der Waals surface area contributed by atoms with Crippen LogP contribution in [-0.4, -0.2) is 95.9 Å². The number of phosphoric ester groups is 2. The fourth-order valence-corrected chi connectivity index (χ4v) is 10.7. The Morgan fingerprint density at radius 3 is 0.866 bits per heavy atom. The summed E-state index contributed by atoms with van der Waals surface area (Å²) in [6.07, 6.45) is 87.0. The average Bonchev–Trinajstić information content (AvgIpc) is 1.81. The molecule has 0 aliphatic rings. The van der Waals surface area contributed by atoms with Crippen molar-refractivity contribution >= 4 is 33.6 Å². The van der Waals surface area contributed by atoms with Gasteiger partial charge in [0.05, 0.1) is 26.4 Å². The number of rotatable bonds is 68. The first kappa shape index (κ1) is 92.2. The Hall–Kier alpha value is -4.83. The molecule has 18 heteroatoms. The predicted molar refractivity (Wildman–Crippen MR) is 399 cm³/mol. The number of unbranched alkanes of at least 4 members (excludes halogenated alkanes) is 19. The number of hydrogen-bond acceptors (Lipinski definition) is 14. The van der Waals surface area contributed by atoms with Gasteiger partial charge in [0.1, 0.15) is 25.4 Å². The lowest BCUT2D eigenvalue weighted by molar-refractivity contribution is -0.161. The van der Waals surface area contributed by atoms with Gasteiger partial charge in [0.15, 0.2) is 6.10 Å². The summed E-state index contributed by atoms with van der Waals surface area (Å²) in [6, 6.07) is 0. The molecule has 0 aromatic rings. The van der Waals surface area contributed by atoms with Gasteiger partial charge in [-0.1, -0.05) is 256 Å². The molecule has 0 bridgehead atoms. The number of aliphatic hydroxyl groups is 2. The van der Waals surface area contributed by atoms with Crippen LogP contribution in [0.25, 0.3) is 0 Å². The van der Waals surface area contributed by atoms with Crippen LogP contribution in [0.5, 0.6) is 0 Å². The van der Waals surface area contributed by atoms with Crippen molar-refractivity contribution in [2.24, 2.45) is 0 Å². The number of carbonyl (C=O) groups is 3. The van der Waals surface area contributed by atoms with E-state index in [1.165, 1.54) is 19.3 Å². The van der Waals surface area contributed by atoms with Crippen molar-refractivity contribution in [2.75, 3.05) is 39.6 Å². The molecular weight excluding hydrogens is 1270 g/mol. The van der Waals surface area contributed by atoms with E-state index in [4.69, 9.17) is 32.3 Å². The highest BCUT2D eigenvalue weighted by atomic mass is 31.2. The minimum absolute atomic E-state index is 0.0806. The van der Waals surface area contributed by atoms with Crippen LogP contribution >= 0.6 is 15.6 Å². The Labute approximate surface area is 587 Å². The van der Waals surface area contributed by atoms with Gasteiger partial charge in [0.25, 0.3) is 0 Å². The number of hydrogen-bond donors (Lipinski definition) is 4. The molecular formula is C79H130O16P2. The van der Waals surface area contributed by atoms with Crippen molar-refractivity contribution in [3.05, 3.63) is 158 Å². The molecule has 0 rings (SSSR count). The zero-order chi connectivity index (χ0) is 70.9. The van der Waals surface area contributed by atoms with Gasteiger partial charge in [0, 0.05) is 19.3 Å². The lowest BCUT2D eigenvalue weighted by atomic mass is 10.1. The van der Waals surface area contributed by atoms with Crippen LogP contribution in [-0.2, 0) is 55.8 Å². The van der Waals surface area contributed by atoms with E-state index in [0.717, 1.165) is 186 Å². The lowest BCUT2D eigenvalue weighted by Gasteiger charge is -2.21. The van der Waals surface area contributed by atoms with Crippen LogP contribution in [0.4, 0.5) is 0 Å². The van der Waals surface area contributed by atoms with Crippen molar-refractivity contribution in [1.29, 1.82) is 0 Å². The molecule has 97 heavy (non-hydrogen) atoms. The van der Waals surface area contributed by atoms with Crippen LogP contribution in [0.3, 0.4) is 0 Å². The molecule has 4 N–H and O–H groups in total. The molecule has 5 unspecified atom stereocenters. The van der Waals surface area contributed by atoms with Crippen molar-refractivity contribution in [1.82, 2.24) is 0 Å². The van der Waals surface area contributed by atoms with Crippen molar-refractivity contribution < 1.29 is 75.8 Å². The summed E-state index contributed by atoms with van der Waals surface area (Å²) in [5.41, 5.74) is 0. The maximum atomic E-state index is 13.0. The minimum atomic E-state index is -4.94. The molecule has 0 aliphatic carbocycles. The predicted octanol–water partition coefficient (Wildman–Crippen LogP) is 21.1. The average molecular weight is 1400 g/mol. The molecule has 0 heterocycles. The molecule has 0 amide bonds. The number of allylic oxidation sites excluding steroid dienone is 26.